The normalized spacial score (nSPS) is 13.7. The molecule has 0 aromatic heterocycles. The highest BCUT2D eigenvalue weighted by molar-refractivity contribution is 6.30. The van der Waals surface area contributed by atoms with Gasteiger partial charge < -0.3 is 10.5 Å². The molecule has 0 spiro atoms. The van der Waals surface area contributed by atoms with Crippen molar-refractivity contribution in [3.05, 3.63) is 65.2 Å². The van der Waals surface area contributed by atoms with Crippen LogP contribution in [0.5, 0.6) is 5.75 Å². The zero-order chi connectivity index (χ0) is 15.1. The molecule has 2 rings (SSSR count). The van der Waals surface area contributed by atoms with Crippen LogP contribution in [0.25, 0.3) is 0 Å². The number of rotatable bonds is 7. The van der Waals surface area contributed by atoms with Crippen LogP contribution in [0, 0.1) is 0 Å². The zero-order valence-corrected chi connectivity index (χ0v) is 13.1. The van der Waals surface area contributed by atoms with E-state index in [0.717, 1.165) is 18.6 Å². The first-order chi connectivity index (χ1) is 10.1. The highest BCUT2D eigenvalue weighted by Gasteiger charge is 2.24. The van der Waals surface area contributed by atoms with Crippen molar-refractivity contribution in [2.75, 3.05) is 13.2 Å². The second kappa shape index (κ2) is 7.48. The van der Waals surface area contributed by atoms with Crippen LogP contribution in [0.1, 0.15) is 25.3 Å². The standard InChI is InChI=1S/C18H22ClNO/c1-18(14-20,15-7-3-2-4-8-15)11-6-12-21-17-10-5-9-16(19)13-17/h2-5,7-10,13H,6,11-12,14,20H2,1H3. The lowest BCUT2D eigenvalue weighted by Crippen LogP contribution is -2.32. The van der Waals surface area contributed by atoms with Gasteiger partial charge in [0.1, 0.15) is 5.75 Å². The van der Waals surface area contributed by atoms with E-state index < -0.39 is 0 Å². The molecule has 21 heavy (non-hydrogen) atoms. The average Bonchev–Trinajstić information content (AvgIpc) is 2.52. The molecule has 2 nitrogen and oxygen atoms in total. The summed E-state index contributed by atoms with van der Waals surface area (Å²) in [5, 5.41) is 0.698. The molecule has 0 bridgehead atoms. The Morgan fingerprint density at radius 1 is 1.10 bits per heavy atom. The molecule has 0 radical (unpaired) electrons. The van der Waals surface area contributed by atoms with E-state index in [1.165, 1.54) is 5.56 Å². The van der Waals surface area contributed by atoms with Gasteiger partial charge in [0.15, 0.2) is 0 Å². The van der Waals surface area contributed by atoms with Gasteiger partial charge in [0.2, 0.25) is 0 Å². The monoisotopic (exact) mass is 303 g/mol. The molecule has 0 saturated heterocycles. The van der Waals surface area contributed by atoms with Gasteiger partial charge >= 0.3 is 0 Å². The summed E-state index contributed by atoms with van der Waals surface area (Å²) >= 11 is 5.94. The van der Waals surface area contributed by atoms with Crippen molar-refractivity contribution in [3.8, 4) is 5.75 Å². The Balaban J connectivity index is 1.86. The summed E-state index contributed by atoms with van der Waals surface area (Å²) in [5.41, 5.74) is 7.28. The smallest absolute Gasteiger partial charge is 0.120 e. The SMILES string of the molecule is CC(CN)(CCCOc1cccc(Cl)c1)c1ccccc1. The maximum atomic E-state index is 5.99. The molecule has 2 N–H and O–H groups in total. The molecule has 2 aromatic carbocycles. The summed E-state index contributed by atoms with van der Waals surface area (Å²) in [6, 6.07) is 17.9. The second-order valence-corrected chi connectivity index (χ2v) is 5.98. The Hall–Kier alpha value is -1.51. The van der Waals surface area contributed by atoms with Crippen molar-refractivity contribution >= 4 is 11.6 Å². The lowest BCUT2D eigenvalue weighted by molar-refractivity contribution is 0.285. The molecule has 112 valence electrons. The van der Waals surface area contributed by atoms with Crippen LogP contribution in [0.15, 0.2) is 54.6 Å². The van der Waals surface area contributed by atoms with Gasteiger partial charge in [-0.05, 0) is 36.6 Å². The third-order valence-electron chi connectivity index (χ3n) is 3.86. The van der Waals surface area contributed by atoms with Gasteiger partial charge in [0.25, 0.3) is 0 Å². The van der Waals surface area contributed by atoms with Gasteiger partial charge in [0, 0.05) is 17.0 Å². The molecule has 3 heteroatoms. The fraction of sp³-hybridized carbons (Fsp3) is 0.333. The summed E-state index contributed by atoms with van der Waals surface area (Å²) < 4.78 is 5.74. The second-order valence-electron chi connectivity index (χ2n) is 5.54. The highest BCUT2D eigenvalue weighted by atomic mass is 35.5. The van der Waals surface area contributed by atoms with Crippen molar-refractivity contribution in [2.24, 2.45) is 5.73 Å². The van der Waals surface area contributed by atoms with Crippen LogP contribution in [0.2, 0.25) is 5.02 Å². The molecule has 0 amide bonds. The van der Waals surface area contributed by atoms with Crippen molar-refractivity contribution in [1.29, 1.82) is 0 Å². The zero-order valence-electron chi connectivity index (χ0n) is 12.4. The van der Waals surface area contributed by atoms with Gasteiger partial charge in [-0.25, -0.2) is 0 Å². The lowest BCUT2D eigenvalue weighted by atomic mass is 9.79. The minimum atomic E-state index is -0.00104. The Labute approximate surface area is 131 Å². The van der Waals surface area contributed by atoms with Gasteiger partial charge in [-0.15, -0.1) is 0 Å². The molecule has 0 aliphatic carbocycles. The van der Waals surface area contributed by atoms with Gasteiger partial charge in [-0.3, -0.25) is 0 Å². The molecular formula is C18H22ClNO. The number of nitrogens with two attached hydrogens (primary N) is 1. The molecule has 1 atom stereocenters. The predicted octanol–water partition coefficient (Wildman–Crippen LogP) is 4.42. The van der Waals surface area contributed by atoms with E-state index in [2.05, 4.69) is 31.2 Å². The van der Waals surface area contributed by atoms with Gasteiger partial charge in [-0.2, -0.15) is 0 Å². The average molecular weight is 304 g/mol. The Bertz CT molecular complexity index is 558. The van der Waals surface area contributed by atoms with E-state index >= 15 is 0 Å². The highest BCUT2D eigenvalue weighted by Crippen LogP contribution is 2.28. The maximum absolute atomic E-state index is 5.99. The summed E-state index contributed by atoms with van der Waals surface area (Å²) in [6.45, 7) is 3.51. The van der Waals surface area contributed by atoms with E-state index in [-0.39, 0.29) is 5.41 Å². The number of hydrogen-bond acceptors (Lipinski definition) is 2. The van der Waals surface area contributed by atoms with Crippen molar-refractivity contribution < 1.29 is 4.74 Å². The first-order valence-electron chi connectivity index (χ1n) is 7.28. The van der Waals surface area contributed by atoms with Crippen molar-refractivity contribution in [3.63, 3.8) is 0 Å². The summed E-state index contributed by atoms with van der Waals surface area (Å²) in [7, 11) is 0. The third-order valence-corrected chi connectivity index (χ3v) is 4.09. The van der Waals surface area contributed by atoms with E-state index in [1.54, 1.807) is 0 Å². The fourth-order valence-electron chi connectivity index (χ4n) is 2.41. The van der Waals surface area contributed by atoms with E-state index in [0.29, 0.717) is 18.2 Å². The molecule has 0 fully saturated rings. The van der Waals surface area contributed by atoms with E-state index in [4.69, 9.17) is 22.1 Å². The Morgan fingerprint density at radius 2 is 1.86 bits per heavy atom. The minimum Gasteiger partial charge on any atom is -0.494 e. The number of halogens is 1. The predicted molar refractivity (Wildman–Crippen MR) is 89.0 cm³/mol. The quantitative estimate of drug-likeness (QED) is 0.769. The molecular weight excluding hydrogens is 282 g/mol. The first-order valence-corrected chi connectivity index (χ1v) is 7.66. The lowest BCUT2D eigenvalue weighted by Gasteiger charge is -2.28. The van der Waals surface area contributed by atoms with Crippen LogP contribution < -0.4 is 10.5 Å². The molecule has 0 saturated carbocycles. The summed E-state index contributed by atoms with van der Waals surface area (Å²) in [5.74, 6) is 0.816. The maximum Gasteiger partial charge on any atom is 0.120 e. The van der Waals surface area contributed by atoms with Crippen LogP contribution in [-0.2, 0) is 5.41 Å². The molecule has 0 heterocycles. The van der Waals surface area contributed by atoms with Crippen LogP contribution in [0.4, 0.5) is 0 Å². The number of hydrogen-bond donors (Lipinski definition) is 1. The van der Waals surface area contributed by atoms with Crippen LogP contribution in [-0.4, -0.2) is 13.2 Å². The molecule has 0 aliphatic heterocycles. The number of ether oxygens (including phenoxy) is 1. The largest absolute Gasteiger partial charge is 0.494 e. The van der Waals surface area contributed by atoms with E-state index in [9.17, 15) is 0 Å². The van der Waals surface area contributed by atoms with E-state index in [1.807, 2.05) is 30.3 Å². The minimum absolute atomic E-state index is 0.00104. The van der Waals surface area contributed by atoms with Gasteiger partial charge in [0.05, 0.1) is 6.61 Å². The molecule has 0 aliphatic rings. The Kier molecular flexibility index (Phi) is 5.66. The topological polar surface area (TPSA) is 35.2 Å². The van der Waals surface area contributed by atoms with Crippen LogP contribution in [0.3, 0.4) is 0 Å². The summed E-state index contributed by atoms with van der Waals surface area (Å²) in [6.07, 6.45) is 1.95. The van der Waals surface area contributed by atoms with Crippen LogP contribution >= 0.6 is 11.6 Å². The molecule has 2 aromatic rings. The summed E-state index contributed by atoms with van der Waals surface area (Å²) in [4.78, 5) is 0. The Morgan fingerprint density at radius 3 is 2.52 bits per heavy atom. The van der Waals surface area contributed by atoms with Gasteiger partial charge in [-0.1, -0.05) is 54.9 Å². The first kappa shape index (κ1) is 15.9. The fourth-order valence-corrected chi connectivity index (χ4v) is 2.59. The molecule has 1 unspecified atom stereocenters. The van der Waals surface area contributed by atoms with Crippen molar-refractivity contribution in [2.45, 2.75) is 25.2 Å². The third kappa shape index (κ3) is 4.48. The van der Waals surface area contributed by atoms with Crippen molar-refractivity contribution in [1.82, 2.24) is 0 Å². The number of benzene rings is 2.